The summed E-state index contributed by atoms with van der Waals surface area (Å²) in [5, 5.41) is 0. The molecule has 0 spiro atoms. The molecular formula is C41H78O6. The molecule has 0 amide bonds. The maximum Gasteiger partial charge on any atom is 0.306 e. The van der Waals surface area contributed by atoms with Crippen LogP contribution >= 0.6 is 0 Å². The fourth-order valence-corrected chi connectivity index (χ4v) is 5.87. The Morgan fingerprint density at radius 1 is 0.404 bits per heavy atom. The van der Waals surface area contributed by atoms with E-state index in [-0.39, 0.29) is 31.1 Å². The molecular weight excluding hydrogens is 588 g/mol. The molecule has 278 valence electrons. The van der Waals surface area contributed by atoms with Gasteiger partial charge in [-0.25, -0.2) is 0 Å². The quantitative estimate of drug-likeness (QED) is 0.0380. The Morgan fingerprint density at radius 2 is 0.702 bits per heavy atom. The second kappa shape index (κ2) is 34.3. The molecule has 0 fully saturated rings. The van der Waals surface area contributed by atoms with E-state index < -0.39 is 6.10 Å². The zero-order chi connectivity index (χ0) is 34.8. The van der Waals surface area contributed by atoms with Crippen LogP contribution in [0.15, 0.2) is 0 Å². The molecule has 6 heteroatoms. The highest BCUT2D eigenvalue weighted by Gasteiger charge is 2.19. The van der Waals surface area contributed by atoms with Crippen molar-refractivity contribution in [3.63, 3.8) is 0 Å². The number of ether oxygens (including phenoxy) is 3. The van der Waals surface area contributed by atoms with Gasteiger partial charge in [0.25, 0.3) is 0 Å². The molecule has 0 aliphatic heterocycles. The number of rotatable bonds is 35. The van der Waals surface area contributed by atoms with Gasteiger partial charge in [-0.2, -0.15) is 0 Å². The van der Waals surface area contributed by atoms with Crippen molar-refractivity contribution in [3.8, 4) is 0 Å². The smallest absolute Gasteiger partial charge is 0.306 e. The van der Waals surface area contributed by atoms with Crippen molar-refractivity contribution in [1.29, 1.82) is 0 Å². The van der Waals surface area contributed by atoms with Gasteiger partial charge in [0, 0.05) is 19.3 Å². The van der Waals surface area contributed by atoms with Crippen LogP contribution in [0.1, 0.15) is 214 Å². The van der Waals surface area contributed by atoms with E-state index in [0.29, 0.717) is 19.3 Å². The zero-order valence-corrected chi connectivity index (χ0v) is 31.9. The van der Waals surface area contributed by atoms with Crippen LogP contribution in [0, 0.1) is 11.8 Å². The summed E-state index contributed by atoms with van der Waals surface area (Å²) in [6.07, 6.45) is 29.6. The predicted molar refractivity (Wildman–Crippen MR) is 196 cm³/mol. The summed E-state index contributed by atoms with van der Waals surface area (Å²) in [7, 11) is 0. The summed E-state index contributed by atoms with van der Waals surface area (Å²) < 4.78 is 16.6. The molecule has 0 rings (SSSR count). The third-order valence-electron chi connectivity index (χ3n) is 8.97. The van der Waals surface area contributed by atoms with E-state index in [1.807, 2.05) is 0 Å². The average Bonchev–Trinajstić information content (AvgIpc) is 3.03. The molecule has 47 heavy (non-hydrogen) atoms. The van der Waals surface area contributed by atoms with Crippen molar-refractivity contribution in [1.82, 2.24) is 0 Å². The van der Waals surface area contributed by atoms with Crippen molar-refractivity contribution in [2.45, 2.75) is 221 Å². The van der Waals surface area contributed by atoms with Crippen LogP contribution in [0.4, 0.5) is 0 Å². The maximum absolute atomic E-state index is 12.6. The summed E-state index contributed by atoms with van der Waals surface area (Å²) in [6, 6.07) is 0. The molecule has 0 aromatic heterocycles. The lowest BCUT2D eigenvalue weighted by molar-refractivity contribution is -0.167. The molecule has 6 nitrogen and oxygen atoms in total. The SMILES string of the molecule is CCCCCCCCCCCC(=O)OC[C@@H](COC(=O)CCCCCCCCC(C)C)OC(=O)CCCCCCCCCCC(C)C. The average molecular weight is 667 g/mol. The minimum atomic E-state index is -0.759. The summed E-state index contributed by atoms with van der Waals surface area (Å²) in [5.74, 6) is 0.684. The zero-order valence-electron chi connectivity index (χ0n) is 31.9. The van der Waals surface area contributed by atoms with Gasteiger partial charge in [-0.05, 0) is 31.1 Å². The number of carbonyl (C=O) groups is 3. The van der Waals surface area contributed by atoms with E-state index in [1.54, 1.807) is 0 Å². The second-order valence-electron chi connectivity index (χ2n) is 14.9. The van der Waals surface area contributed by atoms with Gasteiger partial charge < -0.3 is 14.2 Å². The Labute approximate surface area is 291 Å². The van der Waals surface area contributed by atoms with Crippen LogP contribution in [0.3, 0.4) is 0 Å². The third kappa shape index (κ3) is 35.5. The van der Waals surface area contributed by atoms with E-state index in [2.05, 4.69) is 34.6 Å². The topological polar surface area (TPSA) is 78.9 Å². The summed E-state index contributed by atoms with van der Waals surface area (Å²) >= 11 is 0. The molecule has 0 aromatic carbocycles. The lowest BCUT2D eigenvalue weighted by Crippen LogP contribution is -2.30. The number of carbonyl (C=O) groups excluding carboxylic acids is 3. The molecule has 0 aromatic rings. The predicted octanol–water partition coefficient (Wildman–Crippen LogP) is 12.2. The summed E-state index contributed by atoms with van der Waals surface area (Å²) in [6.45, 7) is 11.2. The third-order valence-corrected chi connectivity index (χ3v) is 8.97. The molecule has 0 saturated heterocycles. The first-order chi connectivity index (χ1) is 22.7. The number of hydrogen-bond acceptors (Lipinski definition) is 6. The van der Waals surface area contributed by atoms with Crippen LogP contribution in [0.25, 0.3) is 0 Å². The Hall–Kier alpha value is -1.59. The highest BCUT2D eigenvalue weighted by atomic mass is 16.6. The molecule has 0 unspecified atom stereocenters. The summed E-state index contributed by atoms with van der Waals surface area (Å²) in [5.41, 5.74) is 0. The van der Waals surface area contributed by atoms with Gasteiger partial charge in [0.15, 0.2) is 6.10 Å². The highest BCUT2D eigenvalue weighted by molar-refractivity contribution is 5.71. The molecule has 0 aliphatic rings. The fraction of sp³-hybridized carbons (Fsp3) is 0.927. The minimum Gasteiger partial charge on any atom is -0.462 e. The molecule has 0 aliphatic carbocycles. The van der Waals surface area contributed by atoms with Crippen LogP contribution in [-0.4, -0.2) is 37.2 Å². The van der Waals surface area contributed by atoms with Gasteiger partial charge in [-0.1, -0.05) is 176 Å². The van der Waals surface area contributed by atoms with Crippen LogP contribution in [0.2, 0.25) is 0 Å². The molecule has 0 radical (unpaired) electrons. The maximum atomic E-state index is 12.6. The first kappa shape index (κ1) is 45.4. The molecule has 1 atom stereocenters. The number of esters is 3. The van der Waals surface area contributed by atoms with Gasteiger partial charge in [0.2, 0.25) is 0 Å². The van der Waals surface area contributed by atoms with Crippen LogP contribution in [-0.2, 0) is 28.6 Å². The lowest BCUT2D eigenvalue weighted by atomic mass is 10.0. The van der Waals surface area contributed by atoms with E-state index in [9.17, 15) is 14.4 Å². The van der Waals surface area contributed by atoms with Gasteiger partial charge in [-0.3, -0.25) is 14.4 Å². The monoisotopic (exact) mass is 667 g/mol. The number of unbranched alkanes of at least 4 members (excludes halogenated alkanes) is 20. The fourth-order valence-electron chi connectivity index (χ4n) is 5.87. The Bertz CT molecular complexity index is 719. The van der Waals surface area contributed by atoms with Crippen molar-refractivity contribution >= 4 is 17.9 Å². The van der Waals surface area contributed by atoms with Gasteiger partial charge in [0.05, 0.1) is 0 Å². The Kier molecular flexibility index (Phi) is 33.1. The molecule has 0 N–H and O–H groups in total. The van der Waals surface area contributed by atoms with E-state index in [4.69, 9.17) is 14.2 Å². The molecule has 0 heterocycles. The van der Waals surface area contributed by atoms with Crippen molar-refractivity contribution in [3.05, 3.63) is 0 Å². The first-order valence-electron chi connectivity index (χ1n) is 20.2. The van der Waals surface area contributed by atoms with Crippen LogP contribution in [0.5, 0.6) is 0 Å². The largest absolute Gasteiger partial charge is 0.462 e. The minimum absolute atomic E-state index is 0.0670. The Balaban J connectivity index is 4.36. The second-order valence-corrected chi connectivity index (χ2v) is 14.9. The molecule has 0 bridgehead atoms. The van der Waals surface area contributed by atoms with E-state index >= 15 is 0 Å². The van der Waals surface area contributed by atoms with Gasteiger partial charge in [-0.15, -0.1) is 0 Å². The Morgan fingerprint density at radius 3 is 1.04 bits per heavy atom. The van der Waals surface area contributed by atoms with Crippen molar-refractivity contribution in [2.75, 3.05) is 13.2 Å². The molecule has 0 saturated carbocycles. The standard InChI is InChI=1S/C41H78O6/c1-6-7-8-9-10-11-15-21-26-31-39(42)45-34-38(35-46-40(43)32-27-22-18-17-20-25-30-37(4)5)47-41(44)33-28-23-16-13-12-14-19-24-29-36(2)3/h36-38H,6-35H2,1-5H3/t38-/m0/s1. The van der Waals surface area contributed by atoms with Gasteiger partial charge >= 0.3 is 17.9 Å². The van der Waals surface area contributed by atoms with Crippen molar-refractivity contribution in [2.24, 2.45) is 11.8 Å². The van der Waals surface area contributed by atoms with E-state index in [0.717, 1.165) is 69.6 Å². The highest BCUT2D eigenvalue weighted by Crippen LogP contribution is 2.15. The lowest BCUT2D eigenvalue weighted by Gasteiger charge is -2.18. The first-order valence-corrected chi connectivity index (χ1v) is 20.2. The van der Waals surface area contributed by atoms with E-state index in [1.165, 1.54) is 103 Å². The number of hydrogen-bond donors (Lipinski definition) is 0. The normalized spacial score (nSPS) is 12.1. The summed E-state index contributed by atoms with van der Waals surface area (Å²) in [4.78, 5) is 37.4. The van der Waals surface area contributed by atoms with Gasteiger partial charge in [0.1, 0.15) is 13.2 Å². The van der Waals surface area contributed by atoms with Crippen molar-refractivity contribution < 1.29 is 28.6 Å². The van der Waals surface area contributed by atoms with Crippen LogP contribution < -0.4 is 0 Å².